The van der Waals surface area contributed by atoms with Crippen molar-refractivity contribution >= 4 is 23.2 Å². The van der Waals surface area contributed by atoms with Crippen molar-refractivity contribution in [1.82, 2.24) is 10.2 Å². The second-order valence-corrected chi connectivity index (χ2v) is 4.98. The number of carbonyl (C=O) groups is 2. The van der Waals surface area contributed by atoms with Crippen LogP contribution in [0.1, 0.15) is 28.8 Å². The zero-order valence-electron chi connectivity index (χ0n) is 8.73. The molecule has 0 saturated carbocycles. The Bertz CT molecular complexity index is 445. The van der Waals surface area contributed by atoms with Gasteiger partial charge in [-0.1, -0.05) is 0 Å². The molecule has 1 fully saturated rings. The first-order valence-corrected chi connectivity index (χ1v) is 6.33. The van der Waals surface area contributed by atoms with Crippen LogP contribution in [0.15, 0.2) is 10.8 Å². The number of hydrogen-bond acceptors (Lipinski definition) is 3. The monoisotopic (exact) mass is 236 g/mol. The number of hydrogen-bond donors (Lipinski definition) is 1. The van der Waals surface area contributed by atoms with Crippen molar-refractivity contribution in [2.75, 3.05) is 6.54 Å². The van der Waals surface area contributed by atoms with Crippen LogP contribution in [0.25, 0.3) is 0 Å². The minimum absolute atomic E-state index is 0.0945. The van der Waals surface area contributed by atoms with E-state index in [9.17, 15) is 9.59 Å². The van der Waals surface area contributed by atoms with Crippen molar-refractivity contribution in [3.8, 4) is 0 Å². The molecule has 0 aliphatic carbocycles. The molecule has 1 saturated heterocycles. The molecule has 3 heterocycles. The Morgan fingerprint density at radius 2 is 2.25 bits per heavy atom. The smallest absolute Gasteiger partial charge is 0.255 e. The average Bonchev–Trinajstić information content (AvgIpc) is 2.84. The highest BCUT2D eigenvalue weighted by molar-refractivity contribution is 7.08. The van der Waals surface area contributed by atoms with Crippen LogP contribution in [0.5, 0.6) is 0 Å². The number of nitrogens with one attached hydrogen (secondary N) is 1. The minimum atomic E-state index is 0.0945. The maximum absolute atomic E-state index is 12.1. The van der Waals surface area contributed by atoms with Gasteiger partial charge in [-0.05, 0) is 17.4 Å². The minimum Gasteiger partial charge on any atom is -0.354 e. The molecule has 0 radical (unpaired) electrons. The van der Waals surface area contributed by atoms with E-state index in [0.29, 0.717) is 19.5 Å². The molecule has 0 bridgehead atoms. The third-order valence-electron chi connectivity index (χ3n) is 3.25. The van der Waals surface area contributed by atoms with Gasteiger partial charge in [-0.3, -0.25) is 9.59 Å². The molecule has 1 atom stereocenters. The summed E-state index contributed by atoms with van der Waals surface area (Å²) in [6, 6.07) is 0.169. The van der Waals surface area contributed by atoms with Crippen molar-refractivity contribution in [3.63, 3.8) is 0 Å². The second kappa shape index (κ2) is 3.59. The fraction of sp³-hybridized carbons (Fsp3) is 0.455. The molecule has 4 nitrogen and oxygen atoms in total. The zero-order chi connectivity index (χ0) is 11.1. The first kappa shape index (κ1) is 9.84. The molecule has 0 aromatic carbocycles. The molecule has 2 aliphatic heterocycles. The molecular formula is C11H12N2O2S. The Hall–Kier alpha value is -1.36. The molecule has 0 unspecified atom stereocenters. The fourth-order valence-corrected chi connectivity index (χ4v) is 3.15. The first-order chi connectivity index (χ1) is 7.75. The van der Waals surface area contributed by atoms with Gasteiger partial charge in [0.25, 0.3) is 5.91 Å². The van der Waals surface area contributed by atoms with Gasteiger partial charge in [0.05, 0.1) is 11.6 Å². The number of thiophene rings is 1. The summed E-state index contributed by atoms with van der Waals surface area (Å²) in [7, 11) is 0. The van der Waals surface area contributed by atoms with Crippen LogP contribution in [0.4, 0.5) is 0 Å². The molecular weight excluding hydrogens is 224 g/mol. The molecule has 1 aromatic rings. The van der Waals surface area contributed by atoms with Gasteiger partial charge >= 0.3 is 0 Å². The van der Waals surface area contributed by atoms with Crippen LogP contribution < -0.4 is 5.32 Å². The molecule has 2 amide bonds. The van der Waals surface area contributed by atoms with Crippen molar-refractivity contribution in [2.45, 2.75) is 25.4 Å². The Labute approximate surface area is 97.2 Å². The number of piperidine rings is 1. The summed E-state index contributed by atoms with van der Waals surface area (Å²) in [5.41, 5.74) is 1.98. The molecule has 1 aromatic heterocycles. The molecule has 16 heavy (non-hydrogen) atoms. The van der Waals surface area contributed by atoms with Gasteiger partial charge < -0.3 is 10.2 Å². The van der Waals surface area contributed by atoms with Crippen LogP contribution >= 0.6 is 11.3 Å². The normalized spacial score (nSPS) is 24.5. The SMILES string of the molecule is O=C1CC[C@H](N2Cc3cscc3C2=O)CN1. The number of rotatable bonds is 1. The molecule has 1 N–H and O–H groups in total. The summed E-state index contributed by atoms with van der Waals surface area (Å²) in [5, 5.41) is 6.77. The number of amides is 2. The summed E-state index contributed by atoms with van der Waals surface area (Å²) in [4.78, 5) is 25.0. The van der Waals surface area contributed by atoms with Crippen LogP contribution in [0.3, 0.4) is 0 Å². The molecule has 5 heteroatoms. The van der Waals surface area contributed by atoms with Crippen LogP contribution in [-0.2, 0) is 11.3 Å². The Morgan fingerprint density at radius 3 is 2.94 bits per heavy atom. The van der Waals surface area contributed by atoms with Crippen molar-refractivity contribution in [2.24, 2.45) is 0 Å². The molecule has 84 valence electrons. The Morgan fingerprint density at radius 1 is 1.38 bits per heavy atom. The maximum Gasteiger partial charge on any atom is 0.255 e. The van der Waals surface area contributed by atoms with E-state index < -0.39 is 0 Å². The van der Waals surface area contributed by atoms with E-state index in [1.165, 1.54) is 0 Å². The van der Waals surface area contributed by atoms with Gasteiger partial charge in [0.15, 0.2) is 0 Å². The summed E-state index contributed by atoms with van der Waals surface area (Å²) in [6.45, 7) is 1.30. The van der Waals surface area contributed by atoms with E-state index >= 15 is 0 Å². The van der Waals surface area contributed by atoms with E-state index in [1.54, 1.807) is 11.3 Å². The van der Waals surface area contributed by atoms with Crippen LogP contribution in [-0.4, -0.2) is 29.3 Å². The highest BCUT2D eigenvalue weighted by Gasteiger charge is 2.34. The van der Waals surface area contributed by atoms with E-state index in [0.717, 1.165) is 17.5 Å². The number of nitrogens with zero attached hydrogens (tertiary/aromatic N) is 1. The maximum atomic E-state index is 12.1. The Balaban J connectivity index is 1.76. The predicted molar refractivity (Wildman–Crippen MR) is 60.2 cm³/mol. The van der Waals surface area contributed by atoms with Crippen molar-refractivity contribution in [3.05, 3.63) is 21.9 Å². The largest absolute Gasteiger partial charge is 0.354 e. The lowest BCUT2D eigenvalue weighted by molar-refractivity contribution is -0.123. The zero-order valence-corrected chi connectivity index (χ0v) is 9.55. The van der Waals surface area contributed by atoms with Crippen molar-refractivity contribution < 1.29 is 9.59 Å². The Kier molecular flexibility index (Phi) is 2.21. The number of carbonyl (C=O) groups excluding carboxylic acids is 2. The van der Waals surface area contributed by atoms with E-state index in [1.807, 2.05) is 15.7 Å². The summed E-state index contributed by atoms with van der Waals surface area (Å²) in [5.74, 6) is 0.217. The highest BCUT2D eigenvalue weighted by atomic mass is 32.1. The summed E-state index contributed by atoms with van der Waals surface area (Å²) in [6.07, 6.45) is 1.31. The lowest BCUT2D eigenvalue weighted by Gasteiger charge is -2.31. The molecule has 3 rings (SSSR count). The quantitative estimate of drug-likeness (QED) is 0.790. The lowest BCUT2D eigenvalue weighted by atomic mass is 10.1. The number of fused-ring (bicyclic) bond motifs is 1. The highest BCUT2D eigenvalue weighted by Crippen LogP contribution is 2.29. The van der Waals surface area contributed by atoms with Gasteiger partial charge in [0, 0.05) is 24.9 Å². The topological polar surface area (TPSA) is 49.4 Å². The van der Waals surface area contributed by atoms with Gasteiger partial charge in [0.2, 0.25) is 5.91 Å². The van der Waals surface area contributed by atoms with E-state index in [-0.39, 0.29) is 17.9 Å². The van der Waals surface area contributed by atoms with Gasteiger partial charge in [-0.15, -0.1) is 0 Å². The summed E-state index contributed by atoms with van der Waals surface area (Å²) >= 11 is 1.58. The van der Waals surface area contributed by atoms with Gasteiger partial charge in [0.1, 0.15) is 0 Å². The standard InChI is InChI=1S/C11H12N2O2S/c14-10-2-1-8(3-12-10)13-4-7-5-16-6-9(7)11(13)15/h5-6,8H,1-4H2,(H,12,14)/t8-/m0/s1. The summed E-state index contributed by atoms with van der Waals surface area (Å²) < 4.78 is 0. The lowest BCUT2D eigenvalue weighted by Crippen LogP contribution is -2.48. The van der Waals surface area contributed by atoms with Gasteiger partial charge in [-0.25, -0.2) is 0 Å². The van der Waals surface area contributed by atoms with Crippen LogP contribution in [0, 0.1) is 0 Å². The van der Waals surface area contributed by atoms with E-state index in [2.05, 4.69) is 5.32 Å². The molecule has 0 spiro atoms. The third-order valence-corrected chi connectivity index (χ3v) is 4.05. The van der Waals surface area contributed by atoms with Crippen molar-refractivity contribution in [1.29, 1.82) is 0 Å². The first-order valence-electron chi connectivity index (χ1n) is 5.38. The predicted octanol–water partition coefficient (Wildman–Crippen LogP) is 0.983. The third kappa shape index (κ3) is 1.43. The second-order valence-electron chi connectivity index (χ2n) is 4.24. The van der Waals surface area contributed by atoms with E-state index in [4.69, 9.17) is 0 Å². The fourth-order valence-electron chi connectivity index (χ4n) is 2.32. The molecule has 2 aliphatic rings. The van der Waals surface area contributed by atoms with Crippen LogP contribution in [0.2, 0.25) is 0 Å². The van der Waals surface area contributed by atoms with Gasteiger partial charge in [-0.2, -0.15) is 11.3 Å². The average molecular weight is 236 g/mol.